The van der Waals surface area contributed by atoms with E-state index in [-0.39, 0.29) is 33.9 Å². The normalized spacial score (nSPS) is 16.9. The minimum Gasteiger partial charge on any atom is -0.462 e. The lowest BCUT2D eigenvalue weighted by molar-refractivity contribution is -0.148. The molecule has 3 rings (SSSR count). The molecule has 1 aliphatic carbocycles. The molecule has 0 radical (unpaired) electrons. The average molecular weight is 445 g/mol. The third kappa shape index (κ3) is 5.49. The van der Waals surface area contributed by atoms with Gasteiger partial charge in [-0.25, -0.2) is 4.79 Å². The van der Waals surface area contributed by atoms with Gasteiger partial charge >= 0.3 is 11.9 Å². The highest BCUT2D eigenvalue weighted by molar-refractivity contribution is 7.18. The van der Waals surface area contributed by atoms with E-state index in [1.807, 2.05) is 13.0 Å². The van der Waals surface area contributed by atoms with Crippen molar-refractivity contribution in [2.24, 2.45) is 11.8 Å². The van der Waals surface area contributed by atoms with Gasteiger partial charge in [0.1, 0.15) is 5.00 Å². The van der Waals surface area contributed by atoms with Crippen molar-refractivity contribution in [1.82, 2.24) is 0 Å². The standard InChI is InChI=1S/C22H24N2O6S/c1-4-29-22(28)17-13(3)18(19(26)23-14-8-6-5-7-9-14)31-20(17)24-16(25)11-30-21(27)15-10-12(15)2/h5-9,12,15H,4,10-11H2,1-3H3,(H,23,26)(H,24,25). The van der Waals surface area contributed by atoms with Crippen molar-refractivity contribution in [3.63, 3.8) is 0 Å². The van der Waals surface area contributed by atoms with E-state index in [1.165, 1.54) is 0 Å². The number of esters is 2. The number of para-hydroxylation sites is 1. The lowest BCUT2D eigenvalue weighted by Crippen LogP contribution is -2.22. The van der Waals surface area contributed by atoms with Gasteiger partial charge in [0.15, 0.2) is 6.61 Å². The Hall–Kier alpha value is -3.20. The largest absolute Gasteiger partial charge is 0.462 e. The molecule has 1 saturated carbocycles. The van der Waals surface area contributed by atoms with Crippen LogP contribution in [0.15, 0.2) is 30.3 Å². The van der Waals surface area contributed by atoms with Gasteiger partial charge in [-0.2, -0.15) is 0 Å². The van der Waals surface area contributed by atoms with Crippen molar-refractivity contribution < 1.29 is 28.7 Å². The van der Waals surface area contributed by atoms with Crippen molar-refractivity contribution in [3.8, 4) is 0 Å². The highest BCUT2D eigenvalue weighted by Crippen LogP contribution is 2.38. The predicted octanol–water partition coefficient (Wildman–Crippen LogP) is 3.62. The molecule has 31 heavy (non-hydrogen) atoms. The number of ether oxygens (including phenoxy) is 2. The zero-order valence-corrected chi connectivity index (χ0v) is 18.3. The molecule has 8 nitrogen and oxygen atoms in total. The Labute approximate surface area is 183 Å². The zero-order valence-electron chi connectivity index (χ0n) is 17.5. The summed E-state index contributed by atoms with van der Waals surface area (Å²) in [6.45, 7) is 4.90. The van der Waals surface area contributed by atoms with Crippen molar-refractivity contribution in [2.45, 2.75) is 27.2 Å². The molecule has 1 aliphatic rings. The summed E-state index contributed by atoms with van der Waals surface area (Å²) in [6.07, 6.45) is 0.761. The van der Waals surface area contributed by atoms with Crippen LogP contribution in [0.1, 0.15) is 45.9 Å². The van der Waals surface area contributed by atoms with E-state index in [4.69, 9.17) is 9.47 Å². The number of carbonyl (C=O) groups excluding carboxylic acids is 4. The Bertz CT molecular complexity index is 1000. The second-order valence-corrected chi connectivity index (χ2v) is 8.30. The van der Waals surface area contributed by atoms with Crippen LogP contribution < -0.4 is 10.6 Å². The molecule has 1 aromatic heterocycles. The van der Waals surface area contributed by atoms with Crippen molar-refractivity contribution in [1.29, 1.82) is 0 Å². The van der Waals surface area contributed by atoms with Gasteiger partial charge in [0.05, 0.1) is 23.0 Å². The smallest absolute Gasteiger partial charge is 0.341 e. The third-order valence-electron chi connectivity index (χ3n) is 4.87. The lowest BCUT2D eigenvalue weighted by atomic mass is 10.1. The molecular weight excluding hydrogens is 420 g/mol. The fourth-order valence-electron chi connectivity index (χ4n) is 3.03. The molecule has 2 amide bonds. The Morgan fingerprint density at radius 2 is 1.77 bits per heavy atom. The molecule has 9 heteroatoms. The Balaban J connectivity index is 1.76. The second-order valence-electron chi connectivity index (χ2n) is 7.28. The number of amides is 2. The molecule has 1 fully saturated rings. The van der Waals surface area contributed by atoms with Crippen LogP contribution in [-0.4, -0.2) is 37.0 Å². The summed E-state index contributed by atoms with van der Waals surface area (Å²) in [5.41, 5.74) is 1.11. The number of rotatable bonds is 8. The van der Waals surface area contributed by atoms with Gasteiger partial charge in [0.2, 0.25) is 0 Å². The number of nitrogens with one attached hydrogen (secondary N) is 2. The van der Waals surface area contributed by atoms with Crippen molar-refractivity contribution in [2.75, 3.05) is 23.8 Å². The number of hydrogen-bond donors (Lipinski definition) is 2. The van der Waals surface area contributed by atoms with Crippen LogP contribution in [-0.2, 0) is 19.1 Å². The van der Waals surface area contributed by atoms with Crippen LogP contribution in [0.25, 0.3) is 0 Å². The average Bonchev–Trinajstić information content (AvgIpc) is 3.38. The number of hydrogen-bond acceptors (Lipinski definition) is 7. The first-order chi connectivity index (χ1) is 14.8. The van der Waals surface area contributed by atoms with Gasteiger partial charge in [-0.15, -0.1) is 11.3 Å². The first kappa shape index (κ1) is 22.5. The summed E-state index contributed by atoms with van der Waals surface area (Å²) in [4.78, 5) is 49.7. The van der Waals surface area contributed by atoms with Gasteiger partial charge in [-0.3, -0.25) is 14.4 Å². The van der Waals surface area contributed by atoms with Crippen LogP contribution in [0.4, 0.5) is 10.7 Å². The second kappa shape index (κ2) is 9.74. The Kier molecular flexibility index (Phi) is 7.06. The first-order valence-corrected chi connectivity index (χ1v) is 10.8. The molecule has 0 saturated heterocycles. The molecule has 0 aliphatic heterocycles. The van der Waals surface area contributed by atoms with E-state index >= 15 is 0 Å². The van der Waals surface area contributed by atoms with Gasteiger partial charge in [0, 0.05) is 5.69 Å². The Morgan fingerprint density at radius 1 is 1.10 bits per heavy atom. The van der Waals surface area contributed by atoms with E-state index in [0.717, 1.165) is 17.8 Å². The summed E-state index contributed by atoms with van der Waals surface area (Å²) in [6, 6.07) is 8.89. The maximum Gasteiger partial charge on any atom is 0.341 e. The maximum absolute atomic E-state index is 12.8. The van der Waals surface area contributed by atoms with Crippen LogP contribution in [0.5, 0.6) is 0 Å². The number of benzene rings is 1. The van der Waals surface area contributed by atoms with Gasteiger partial charge in [-0.1, -0.05) is 25.1 Å². The molecule has 1 heterocycles. The van der Waals surface area contributed by atoms with Crippen LogP contribution in [0.2, 0.25) is 0 Å². The molecule has 2 aromatic rings. The van der Waals surface area contributed by atoms with Crippen molar-refractivity contribution in [3.05, 3.63) is 46.3 Å². The molecule has 2 atom stereocenters. The van der Waals surface area contributed by atoms with E-state index in [0.29, 0.717) is 11.3 Å². The van der Waals surface area contributed by atoms with Crippen LogP contribution >= 0.6 is 11.3 Å². The summed E-state index contributed by atoms with van der Waals surface area (Å²) < 4.78 is 10.1. The van der Waals surface area contributed by atoms with Gasteiger partial charge in [-0.05, 0) is 43.9 Å². The molecular formula is C22H24N2O6S. The van der Waals surface area contributed by atoms with E-state index in [2.05, 4.69) is 10.6 Å². The van der Waals surface area contributed by atoms with Crippen LogP contribution in [0, 0.1) is 18.8 Å². The van der Waals surface area contributed by atoms with Crippen LogP contribution in [0.3, 0.4) is 0 Å². The molecule has 2 N–H and O–H groups in total. The lowest BCUT2D eigenvalue weighted by Gasteiger charge is -2.07. The van der Waals surface area contributed by atoms with E-state index in [1.54, 1.807) is 38.1 Å². The number of carbonyl (C=O) groups is 4. The predicted molar refractivity (Wildman–Crippen MR) is 116 cm³/mol. The molecule has 2 unspecified atom stereocenters. The zero-order chi connectivity index (χ0) is 22.5. The summed E-state index contributed by atoms with van der Waals surface area (Å²) in [5.74, 6) is -1.93. The molecule has 0 bridgehead atoms. The van der Waals surface area contributed by atoms with Crippen molar-refractivity contribution >= 4 is 45.8 Å². The summed E-state index contributed by atoms with van der Waals surface area (Å²) in [5, 5.41) is 5.52. The number of anilines is 2. The number of thiophene rings is 1. The van der Waals surface area contributed by atoms with E-state index in [9.17, 15) is 19.2 Å². The molecule has 1 aromatic carbocycles. The molecule has 0 spiro atoms. The topological polar surface area (TPSA) is 111 Å². The van der Waals surface area contributed by atoms with E-state index < -0.39 is 30.4 Å². The summed E-state index contributed by atoms with van der Waals surface area (Å²) in [7, 11) is 0. The highest BCUT2D eigenvalue weighted by atomic mass is 32.1. The summed E-state index contributed by atoms with van der Waals surface area (Å²) >= 11 is 0.964. The SMILES string of the molecule is CCOC(=O)c1c(NC(=O)COC(=O)C2CC2C)sc(C(=O)Nc2ccccc2)c1C. The third-order valence-corrected chi connectivity index (χ3v) is 6.08. The monoisotopic (exact) mass is 444 g/mol. The van der Waals surface area contributed by atoms with Gasteiger partial charge < -0.3 is 20.1 Å². The maximum atomic E-state index is 12.8. The minimum absolute atomic E-state index is 0.112. The fourth-order valence-corrected chi connectivity index (χ4v) is 4.14. The van der Waals surface area contributed by atoms with Gasteiger partial charge in [0.25, 0.3) is 11.8 Å². The first-order valence-electron chi connectivity index (χ1n) is 9.95. The molecule has 164 valence electrons. The highest BCUT2D eigenvalue weighted by Gasteiger charge is 2.40. The minimum atomic E-state index is -0.644. The Morgan fingerprint density at radius 3 is 2.39 bits per heavy atom. The quantitative estimate of drug-likeness (QED) is 0.602. The fraction of sp³-hybridized carbons (Fsp3) is 0.364.